The maximum absolute atomic E-state index is 5.26. The van der Waals surface area contributed by atoms with Crippen LogP contribution in [0.1, 0.15) is 11.1 Å². The molecule has 0 spiro atoms. The first-order valence-electron chi connectivity index (χ1n) is 6.61. The van der Waals surface area contributed by atoms with E-state index < -0.39 is 0 Å². The van der Waals surface area contributed by atoms with Gasteiger partial charge in [0.2, 0.25) is 0 Å². The molecular formula is C15H21N3O2. The summed E-state index contributed by atoms with van der Waals surface area (Å²) in [4.78, 5) is 0. The molecule has 1 aromatic carbocycles. The predicted molar refractivity (Wildman–Crippen MR) is 79.2 cm³/mol. The number of aryl methyl sites for hydroxylation is 1. The maximum Gasteiger partial charge on any atom is 0.121 e. The molecular weight excluding hydrogens is 254 g/mol. The quantitative estimate of drug-likeness (QED) is 0.843. The van der Waals surface area contributed by atoms with Crippen molar-refractivity contribution in [2.45, 2.75) is 20.0 Å². The highest BCUT2D eigenvalue weighted by atomic mass is 16.5. The van der Waals surface area contributed by atoms with Crippen LogP contribution < -0.4 is 10.1 Å². The van der Waals surface area contributed by atoms with Gasteiger partial charge >= 0.3 is 0 Å². The minimum absolute atomic E-state index is 0.665. The molecule has 0 amide bonds. The van der Waals surface area contributed by atoms with Crippen LogP contribution in [0.4, 0.5) is 5.69 Å². The number of nitrogens with one attached hydrogen (secondary N) is 1. The highest BCUT2D eigenvalue weighted by Gasteiger charge is 2.01. The second-order valence-electron chi connectivity index (χ2n) is 4.64. The van der Waals surface area contributed by atoms with Gasteiger partial charge < -0.3 is 14.8 Å². The van der Waals surface area contributed by atoms with Gasteiger partial charge in [-0.05, 0) is 24.1 Å². The van der Waals surface area contributed by atoms with Crippen molar-refractivity contribution in [2.75, 3.05) is 26.1 Å². The molecule has 20 heavy (non-hydrogen) atoms. The van der Waals surface area contributed by atoms with E-state index >= 15 is 0 Å². The number of hydrogen-bond donors (Lipinski definition) is 1. The first-order valence-corrected chi connectivity index (χ1v) is 6.61. The Balaban J connectivity index is 1.91. The standard InChI is InChI=1S/C15H21N3O2/c1-12-8-13(4-5-15(12)20-3)9-16-14-10-17-18(11-14)6-7-19-2/h4-5,8,10-11,16H,6-7,9H2,1-3H3. The molecule has 0 fully saturated rings. The van der Waals surface area contributed by atoms with Gasteiger partial charge in [0.1, 0.15) is 5.75 Å². The number of methoxy groups -OCH3 is 2. The monoisotopic (exact) mass is 275 g/mol. The van der Waals surface area contributed by atoms with Gasteiger partial charge in [0.15, 0.2) is 0 Å². The molecule has 0 saturated carbocycles. The molecule has 108 valence electrons. The molecule has 0 bridgehead atoms. The zero-order chi connectivity index (χ0) is 14.4. The largest absolute Gasteiger partial charge is 0.496 e. The van der Waals surface area contributed by atoms with Crippen LogP contribution in [0.25, 0.3) is 0 Å². The fourth-order valence-electron chi connectivity index (χ4n) is 2.02. The van der Waals surface area contributed by atoms with Gasteiger partial charge in [0.05, 0.1) is 32.1 Å². The first kappa shape index (κ1) is 14.4. The van der Waals surface area contributed by atoms with E-state index in [-0.39, 0.29) is 0 Å². The summed E-state index contributed by atoms with van der Waals surface area (Å²) in [5, 5.41) is 7.62. The second-order valence-corrected chi connectivity index (χ2v) is 4.64. The van der Waals surface area contributed by atoms with Gasteiger partial charge in [0.25, 0.3) is 0 Å². The van der Waals surface area contributed by atoms with E-state index in [0.29, 0.717) is 6.61 Å². The van der Waals surface area contributed by atoms with Crippen LogP contribution in [-0.4, -0.2) is 30.6 Å². The highest BCUT2D eigenvalue weighted by Crippen LogP contribution is 2.19. The third-order valence-corrected chi connectivity index (χ3v) is 3.11. The third kappa shape index (κ3) is 3.74. The summed E-state index contributed by atoms with van der Waals surface area (Å²) in [6.07, 6.45) is 3.81. The molecule has 1 aromatic heterocycles. The Morgan fingerprint density at radius 2 is 2.15 bits per heavy atom. The van der Waals surface area contributed by atoms with Crippen molar-refractivity contribution in [1.82, 2.24) is 9.78 Å². The third-order valence-electron chi connectivity index (χ3n) is 3.11. The van der Waals surface area contributed by atoms with Crippen molar-refractivity contribution in [3.63, 3.8) is 0 Å². The Labute approximate surface area is 119 Å². The Bertz CT molecular complexity index is 552. The van der Waals surface area contributed by atoms with E-state index in [1.165, 1.54) is 5.56 Å². The number of hydrogen-bond acceptors (Lipinski definition) is 4. The van der Waals surface area contributed by atoms with Gasteiger partial charge in [-0.1, -0.05) is 12.1 Å². The van der Waals surface area contributed by atoms with Crippen molar-refractivity contribution >= 4 is 5.69 Å². The van der Waals surface area contributed by atoms with Crippen LogP contribution in [0.2, 0.25) is 0 Å². The molecule has 5 nitrogen and oxygen atoms in total. The first-order chi connectivity index (χ1) is 9.72. The van der Waals surface area contributed by atoms with Gasteiger partial charge in [-0.3, -0.25) is 4.68 Å². The zero-order valence-corrected chi connectivity index (χ0v) is 12.2. The SMILES string of the molecule is COCCn1cc(NCc2ccc(OC)c(C)c2)cn1. The summed E-state index contributed by atoms with van der Waals surface area (Å²) in [7, 11) is 3.38. The lowest BCUT2D eigenvalue weighted by atomic mass is 10.1. The summed E-state index contributed by atoms with van der Waals surface area (Å²) < 4.78 is 12.2. The number of rotatable bonds is 7. The molecule has 0 radical (unpaired) electrons. The molecule has 2 aromatic rings. The van der Waals surface area contributed by atoms with E-state index in [9.17, 15) is 0 Å². The number of anilines is 1. The van der Waals surface area contributed by atoms with Crippen molar-refractivity contribution < 1.29 is 9.47 Å². The molecule has 0 atom stereocenters. The molecule has 0 saturated heterocycles. The molecule has 0 unspecified atom stereocenters. The summed E-state index contributed by atoms with van der Waals surface area (Å²) in [6, 6.07) is 6.18. The Kier molecular flexibility index (Phi) is 5.01. The Morgan fingerprint density at radius 3 is 2.85 bits per heavy atom. The fraction of sp³-hybridized carbons (Fsp3) is 0.400. The van der Waals surface area contributed by atoms with E-state index in [0.717, 1.165) is 30.1 Å². The smallest absolute Gasteiger partial charge is 0.121 e. The minimum Gasteiger partial charge on any atom is -0.496 e. The topological polar surface area (TPSA) is 48.3 Å². The van der Waals surface area contributed by atoms with E-state index in [4.69, 9.17) is 9.47 Å². The van der Waals surface area contributed by atoms with Crippen molar-refractivity contribution in [1.29, 1.82) is 0 Å². The summed E-state index contributed by atoms with van der Waals surface area (Å²) in [6.45, 7) is 4.24. The van der Waals surface area contributed by atoms with E-state index in [1.807, 2.05) is 30.1 Å². The Hall–Kier alpha value is -2.01. The van der Waals surface area contributed by atoms with E-state index in [2.05, 4.69) is 22.5 Å². The fourth-order valence-corrected chi connectivity index (χ4v) is 2.02. The van der Waals surface area contributed by atoms with Gasteiger partial charge in [-0.2, -0.15) is 5.10 Å². The summed E-state index contributed by atoms with van der Waals surface area (Å²) in [5.41, 5.74) is 3.37. The van der Waals surface area contributed by atoms with Gasteiger partial charge in [0, 0.05) is 19.9 Å². The van der Waals surface area contributed by atoms with Crippen LogP contribution in [0.5, 0.6) is 5.75 Å². The van der Waals surface area contributed by atoms with Crippen LogP contribution >= 0.6 is 0 Å². The molecule has 0 aliphatic rings. The average molecular weight is 275 g/mol. The molecule has 5 heteroatoms. The lowest BCUT2D eigenvalue weighted by Crippen LogP contribution is -2.04. The summed E-state index contributed by atoms with van der Waals surface area (Å²) in [5.74, 6) is 0.918. The van der Waals surface area contributed by atoms with E-state index in [1.54, 1.807) is 14.2 Å². The number of benzene rings is 1. The van der Waals surface area contributed by atoms with Crippen molar-refractivity contribution in [3.05, 3.63) is 41.7 Å². The molecule has 1 N–H and O–H groups in total. The van der Waals surface area contributed by atoms with Crippen LogP contribution in [0, 0.1) is 6.92 Å². The molecule has 1 heterocycles. The van der Waals surface area contributed by atoms with Crippen LogP contribution in [0.15, 0.2) is 30.6 Å². The summed E-state index contributed by atoms with van der Waals surface area (Å²) >= 11 is 0. The number of nitrogens with zero attached hydrogens (tertiary/aromatic N) is 2. The van der Waals surface area contributed by atoms with Crippen molar-refractivity contribution in [2.24, 2.45) is 0 Å². The van der Waals surface area contributed by atoms with Crippen LogP contribution in [0.3, 0.4) is 0 Å². The highest BCUT2D eigenvalue weighted by molar-refractivity contribution is 5.41. The predicted octanol–water partition coefficient (Wildman–Crippen LogP) is 2.46. The number of aromatic nitrogens is 2. The van der Waals surface area contributed by atoms with Gasteiger partial charge in [-0.15, -0.1) is 0 Å². The normalized spacial score (nSPS) is 10.6. The minimum atomic E-state index is 0.665. The van der Waals surface area contributed by atoms with Crippen molar-refractivity contribution in [3.8, 4) is 5.75 Å². The average Bonchev–Trinajstić information content (AvgIpc) is 2.91. The molecule has 2 rings (SSSR count). The Morgan fingerprint density at radius 1 is 1.30 bits per heavy atom. The number of ether oxygens (including phenoxy) is 2. The second kappa shape index (κ2) is 6.96. The lowest BCUT2D eigenvalue weighted by molar-refractivity contribution is 0.183. The van der Waals surface area contributed by atoms with Crippen LogP contribution in [-0.2, 0) is 17.8 Å². The molecule has 0 aliphatic heterocycles. The maximum atomic E-state index is 5.26. The molecule has 0 aliphatic carbocycles. The lowest BCUT2D eigenvalue weighted by Gasteiger charge is -2.08. The zero-order valence-electron chi connectivity index (χ0n) is 12.2. The van der Waals surface area contributed by atoms with Gasteiger partial charge in [-0.25, -0.2) is 0 Å².